The lowest BCUT2D eigenvalue weighted by molar-refractivity contribution is -0.137. The molecule has 0 saturated heterocycles. The summed E-state index contributed by atoms with van der Waals surface area (Å²) in [6.45, 7) is 10.6. The van der Waals surface area contributed by atoms with Gasteiger partial charge in [-0.1, -0.05) is 31.2 Å². The van der Waals surface area contributed by atoms with E-state index >= 15 is 0 Å². The van der Waals surface area contributed by atoms with Gasteiger partial charge in [-0.25, -0.2) is 8.42 Å². The van der Waals surface area contributed by atoms with E-state index in [4.69, 9.17) is 39.3 Å². The zero-order valence-electron chi connectivity index (χ0n) is 30.3. The van der Waals surface area contributed by atoms with E-state index in [1.54, 1.807) is 10.4 Å². The molecule has 2 aromatic carbocycles. The maximum Gasteiger partial charge on any atom is 0.303 e. The highest BCUT2D eigenvalue weighted by molar-refractivity contribution is 7.89. The van der Waals surface area contributed by atoms with Crippen molar-refractivity contribution in [1.82, 2.24) is 9.21 Å². The topological polar surface area (TPSA) is 163 Å². The van der Waals surface area contributed by atoms with E-state index in [1.165, 1.54) is 0 Å². The summed E-state index contributed by atoms with van der Waals surface area (Å²) in [6, 6.07) is 11.2. The molecule has 0 amide bonds. The molecule has 15 heteroatoms. The second kappa shape index (κ2) is 26.4. The molecule has 3 N–H and O–H groups in total. The minimum absolute atomic E-state index is 0.0944. The Bertz CT molecular complexity index is 1300. The van der Waals surface area contributed by atoms with Gasteiger partial charge < -0.3 is 44.2 Å². The van der Waals surface area contributed by atoms with Crippen molar-refractivity contribution in [3.8, 4) is 0 Å². The molecule has 0 spiro atoms. The predicted octanol–water partition coefficient (Wildman–Crippen LogP) is 2.53. The SMILES string of the molecule is CCN(CCCN(CCOCCOCCOCCN)CCOCCOCCOCCCC(=O)O)S(=O)(=O)c1cccc2c(N(C)C)cccc12. The van der Waals surface area contributed by atoms with Gasteiger partial charge in [-0.3, -0.25) is 9.69 Å². The van der Waals surface area contributed by atoms with Crippen molar-refractivity contribution in [3.05, 3.63) is 36.4 Å². The fraction of sp³-hybridized carbons (Fsp3) is 0.686. The monoisotopic (exact) mass is 728 g/mol. The normalized spacial score (nSPS) is 12.0. The Balaban J connectivity index is 1.85. The number of carboxylic acid groups (broad SMARTS) is 1. The lowest BCUT2D eigenvalue weighted by atomic mass is 10.1. The molecule has 0 atom stereocenters. The van der Waals surface area contributed by atoms with Gasteiger partial charge >= 0.3 is 5.97 Å². The van der Waals surface area contributed by atoms with Crippen LogP contribution in [0.3, 0.4) is 0 Å². The third-order valence-electron chi connectivity index (χ3n) is 7.73. The van der Waals surface area contributed by atoms with Crippen LogP contribution in [0, 0.1) is 0 Å². The summed E-state index contributed by atoms with van der Waals surface area (Å²) < 4.78 is 62.7. The van der Waals surface area contributed by atoms with Crippen LogP contribution >= 0.6 is 0 Å². The van der Waals surface area contributed by atoms with Crippen molar-refractivity contribution >= 4 is 32.5 Å². The van der Waals surface area contributed by atoms with E-state index in [1.807, 2.05) is 56.3 Å². The summed E-state index contributed by atoms with van der Waals surface area (Å²) in [5.41, 5.74) is 6.38. The Morgan fingerprint density at radius 1 is 0.680 bits per heavy atom. The van der Waals surface area contributed by atoms with Crippen molar-refractivity contribution in [2.45, 2.75) is 31.1 Å². The molecular weight excluding hydrogens is 668 g/mol. The van der Waals surface area contributed by atoms with Crippen LogP contribution in [0.25, 0.3) is 10.8 Å². The molecule has 0 radical (unpaired) electrons. The number of hydrogen-bond donors (Lipinski definition) is 2. The fourth-order valence-corrected chi connectivity index (χ4v) is 6.85. The van der Waals surface area contributed by atoms with Crippen LogP contribution in [-0.4, -0.2) is 161 Å². The molecule has 0 bridgehead atoms. The highest BCUT2D eigenvalue weighted by Gasteiger charge is 2.25. The number of hydrogen-bond acceptors (Lipinski definition) is 12. The van der Waals surface area contributed by atoms with Crippen molar-refractivity contribution in [2.24, 2.45) is 5.73 Å². The third kappa shape index (κ3) is 17.2. The smallest absolute Gasteiger partial charge is 0.303 e. The Kier molecular flexibility index (Phi) is 23.0. The van der Waals surface area contributed by atoms with E-state index < -0.39 is 16.0 Å². The first-order chi connectivity index (χ1) is 24.2. The number of fused-ring (bicyclic) bond motifs is 1. The lowest BCUT2D eigenvalue weighted by Gasteiger charge is -2.25. The minimum atomic E-state index is -3.73. The summed E-state index contributed by atoms with van der Waals surface area (Å²) >= 11 is 0. The molecule has 50 heavy (non-hydrogen) atoms. The van der Waals surface area contributed by atoms with Gasteiger partial charge in [-0.05, 0) is 31.5 Å². The van der Waals surface area contributed by atoms with Gasteiger partial charge in [-0.15, -0.1) is 0 Å². The number of rotatable bonds is 32. The van der Waals surface area contributed by atoms with E-state index in [9.17, 15) is 13.2 Å². The van der Waals surface area contributed by atoms with Gasteiger partial charge in [0, 0.05) is 76.3 Å². The van der Waals surface area contributed by atoms with Crippen LogP contribution in [0.15, 0.2) is 41.3 Å². The highest BCUT2D eigenvalue weighted by Crippen LogP contribution is 2.31. The Morgan fingerprint density at radius 3 is 1.74 bits per heavy atom. The maximum absolute atomic E-state index is 13.9. The number of carbonyl (C=O) groups is 1. The first kappa shape index (κ1) is 43.7. The molecule has 0 aliphatic rings. The largest absolute Gasteiger partial charge is 0.481 e. The molecular formula is C35H60N4O10S. The number of anilines is 1. The number of aliphatic carboxylic acids is 1. The molecule has 0 heterocycles. The Hall–Kier alpha value is -2.44. The molecule has 0 aromatic heterocycles. The van der Waals surface area contributed by atoms with Gasteiger partial charge in [0.1, 0.15) is 0 Å². The number of nitrogens with two attached hydrogens (primary N) is 1. The molecule has 2 aromatic rings. The Morgan fingerprint density at radius 2 is 1.20 bits per heavy atom. The summed E-state index contributed by atoms with van der Waals surface area (Å²) in [5.74, 6) is -0.828. The zero-order chi connectivity index (χ0) is 36.5. The molecule has 2 rings (SSSR count). The lowest BCUT2D eigenvalue weighted by Crippen LogP contribution is -2.36. The van der Waals surface area contributed by atoms with E-state index in [0.717, 1.165) is 11.1 Å². The van der Waals surface area contributed by atoms with Crippen LogP contribution in [0.5, 0.6) is 0 Å². The molecule has 286 valence electrons. The first-order valence-electron chi connectivity index (χ1n) is 17.5. The van der Waals surface area contributed by atoms with E-state index in [0.29, 0.717) is 142 Å². The fourth-order valence-electron chi connectivity index (χ4n) is 5.15. The van der Waals surface area contributed by atoms with Gasteiger partial charge in [0.05, 0.1) is 77.6 Å². The molecule has 0 aliphatic heterocycles. The van der Waals surface area contributed by atoms with Crippen LogP contribution in [-0.2, 0) is 43.2 Å². The number of carboxylic acids is 1. The average Bonchev–Trinajstić information content (AvgIpc) is 3.10. The van der Waals surface area contributed by atoms with Gasteiger partial charge in [0.15, 0.2) is 0 Å². The van der Waals surface area contributed by atoms with E-state index in [2.05, 4.69) is 4.90 Å². The second-order valence-electron chi connectivity index (χ2n) is 11.7. The highest BCUT2D eigenvalue weighted by atomic mass is 32.2. The molecule has 14 nitrogen and oxygen atoms in total. The van der Waals surface area contributed by atoms with Crippen molar-refractivity contribution in [3.63, 3.8) is 0 Å². The maximum atomic E-state index is 13.9. The third-order valence-corrected chi connectivity index (χ3v) is 9.76. The number of nitrogens with zero attached hydrogens (tertiary/aromatic N) is 3. The van der Waals surface area contributed by atoms with Gasteiger partial charge in [-0.2, -0.15) is 4.31 Å². The molecule has 0 fully saturated rings. The van der Waals surface area contributed by atoms with Crippen LogP contribution in [0.4, 0.5) is 5.69 Å². The number of ether oxygens (including phenoxy) is 6. The molecule has 0 saturated carbocycles. The summed E-state index contributed by atoms with van der Waals surface area (Å²) in [4.78, 5) is 15.1. The first-order valence-corrected chi connectivity index (χ1v) is 19.0. The van der Waals surface area contributed by atoms with Crippen molar-refractivity contribution in [1.29, 1.82) is 0 Å². The average molecular weight is 729 g/mol. The molecule has 0 unspecified atom stereocenters. The van der Waals surface area contributed by atoms with Crippen molar-refractivity contribution < 1.29 is 46.7 Å². The van der Waals surface area contributed by atoms with Gasteiger partial charge in [0.25, 0.3) is 0 Å². The van der Waals surface area contributed by atoms with Crippen LogP contribution < -0.4 is 10.6 Å². The van der Waals surface area contributed by atoms with E-state index in [-0.39, 0.29) is 6.42 Å². The Labute approximate surface area is 298 Å². The number of sulfonamides is 1. The molecule has 0 aliphatic carbocycles. The number of benzene rings is 2. The minimum Gasteiger partial charge on any atom is -0.481 e. The van der Waals surface area contributed by atoms with Crippen LogP contribution in [0.1, 0.15) is 26.2 Å². The predicted molar refractivity (Wildman–Crippen MR) is 195 cm³/mol. The quantitative estimate of drug-likeness (QED) is 0.106. The summed E-state index contributed by atoms with van der Waals surface area (Å²) in [5, 5.41) is 10.3. The van der Waals surface area contributed by atoms with Gasteiger partial charge in [0.2, 0.25) is 10.0 Å². The zero-order valence-corrected chi connectivity index (χ0v) is 31.1. The second-order valence-corrected chi connectivity index (χ2v) is 13.6. The summed E-state index contributed by atoms with van der Waals surface area (Å²) in [7, 11) is 0.175. The van der Waals surface area contributed by atoms with Crippen LogP contribution in [0.2, 0.25) is 0 Å². The summed E-state index contributed by atoms with van der Waals surface area (Å²) in [6.07, 6.45) is 1.21. The van der Waals surface area contributed by atoms with Crippen molar-refractivity contribution in [2.75, 3.05) is 138 Å². The standard InChI is InChI=1S/C35H60N4O10S/c1-4-39(50(42,43)34-12-6-9-31-32(34)10-5-11-33(31)37(2)3)16-8-15-38(18-22-47-26-30-49-28-24-45-20-14-36)17-21-46-25-29-48-27-23-44-19-7-13-35(40)41/h5-6,9-12H,4,7-8,13-30,36H2,1-3H3,(H,40,41).